The Morgan fingerprint density at radius 2 is 1.66 bits per heavy atom. The minimum atomic E-state index is -0.485. The van der Waals surface area contributed by atoms with Crippen LogP contribution in [0.25, 0.3) is 44.7 Å². The van der Waals surface area contributed by atoms with Gasteiger partial charge in [0.2, 0.25) is 11.8 Å². The van der Waals surface area contributed by atoms with Gasteiger partial charge in [0.25, 0.3) is 5.69 Å². The van der Waals surface area contributed by atoms with Crippen LogP contribution in [0, 0.1) is 10.1 Å². The number of rotatable bonds is 3. The molecule has 0 fully saturated rings. The molecule has 3 aromatic carbocycles. The Bertz CT molecular complexity index is 1470. The fourth-order valence-corrected chi connectivity index (χ4v) is 3.33. The highest BCUT2D eigenvalue weighted by Crippen LogP contribution is 2.30. The molecule has 8 nitrogen and oxygen atoms in total. The van der Waals surface area contributed by atoms with E-state index in [0.29, 0.717) is 32.9 Å². The van der Waals surface area contributed by atoms with Crippen LogP contribution in [0.15, 0.2) is 75.9 Å². The molecule has 0 amide bonds. The standard InChI is InChI=1S/C21H12N4O4/c26-19-14-7-1-2-10-17(14)22-18-15(19)8-4-9-16(18)21-24-23-20(29-21)12-5-3-6-13(11-12)25(27)28/h1-11H,(H,22,26). The van der Waals surface area contributed by atoms with Gasteiger partial charge < -0.3 is 9.40 Å². The van der Waals surface area contributed by atoms with E-state index < -0.39 is 4.92 Å². The Balaban J connectivity index is 1.68. The van der Waals surface area contributed by atoms with Gasteiger partial charge >= 0.3 is 0 Å². The molecule has 5 rings (SSSR count). The lowest BCUT2D eigenvalue weighted by molar-refractivity contribution is -0.384. The number of para-hydroxylation sites is 2. The highest BCUT2D eigenvalue weighted by atomic mass is 16.6. The van der Waals surface area contributed by atoms with Gasteiger partial charge in [-0.25, -0.2) is 0 Å². The third-order valence-corrected chi connectivity index (χ3v) is 4.70. The van der Waals surface area contributed by atoms with E-state index in [2.05, 4.69) is 15.2 Å². The second kappa shape index (κ2) is 6.38. The average Bonchev–Trinajstić information content (AvgIpc) is 3.24. The number of nitrogens with one attached hydrogen (secondary N) is 1. The van der Waals surface area contributed by atoms with E-state index in [1.165, 1.54) is 12.1 Å². The molecule has 29 heavy (non-hydrogen) atoms. The first kappa shape index (κ1) is 16.8. The van der Waals surface area contributed by atoms with Gasteiger partial charge in [-0.1, -0.05) is 24.3 Å². The van der Waals surface area contributed by atoms with Gasteiger partial charge in [-0.05, 0) is 30.3 Å². The summed E-state index contributed by atoms with van der Waals surface area (Å²) in [5.74, 6) is 0.367. The monoisotopic (exact) mass is 384 g/mol. The first-order valence-corrected chi connectivity index (χ1v) is 8.74. The van der Waals surface area contributed by atoms with Crippen LogP contribution in [0.1, 0.15) is 0 Å². The zero-order valence-electron chi connectivity index (χ0n) is 14.8. The molecule has 0 saturated heterocycles. The van der Waals surface area contributed by atoms with Crippen molar-refractivity contribution in [2.45, 2.75) is 0 Å². The Hall–Kier alpha value is -4.33. The molecular weight excluding hydrogens is 372 g/mol. The van der Waals surface area contributed by atoms with Gasteiger partial charge in [0.05, 0.1) is 16.0 Å². The van der Waals surface area contributed by atoms with Gasteiger partial charge in [-0.2, -0.15) is 0 Å². The number of hydrogen-bond donors (Lipinski definition) is 1. The van der Waals surface area contributed by atoms with Crippen molar-refractivity contribution >= 4 is 27.5 Å². The molecule has 0 atom stereocenters. The summed E-state index contributed by atoms with van der Waals surface area (Å²) in [6.45, 7) is 0. The van der Waals surface area contributed by atoms with Crippen LogP contribution in [-0.4, -0.2) is 20.1 Å². The number of nitrogens with zero attached hydrogens (tertiary/aromatic N) is 3. The van der Waals surface area contributed by atoms with E-state index in [1.807, 2.05) is 18.2 Å². The summed E-state index contributed by atoms with van der Waals surface area (Å²) in [7, 11) is 0. The number of aromatic nitrogens is 3. The SMILES string of the molecule is O=c1c2ccccc2[nH]c2c(-c3nnc(-c4cccc([N+](=O)[O-])c4)o3)cccc12. The zero-order valence-corrected chi connectivity index (χ0v) is 14.8. The number of pyridine rings is 1. The summed E-state index contributed by atoms with van der Waals surface area (Å²) in [6, 6.07) is 18.5. The number of benzene rings is 3. The van der Waals surface area contributed by atoms with E-state index in [4.69, 9.17) is 4.42 Å². The lowest BCUT2D eigenvalue weighted by atomic mass is 10.1. The topological polar surface area (TPSA) is 115 Å². The van der Waals surface area contributed by atoms with Crippen molar-refractivity contribution in [2.75, 3.05) is 0 Å². The number of non-ortho nitro benzene ring substituents is 1. The Kier molecular flexibility index (Phi) is 3.70. The summed E-state index contributed by atoms with van der Waals surface area (Å²) in [4.78, 5) is 26.6. The van der Waals surface area contributed by atoms with Crippen molar-refractivity contribution in [3.8, 4) is 22.9 Å². The molecule has 0 aliphatic heterocycles. The fourth-order valence-electron chi connectivity index (χ4n) is 3.33. The van der Waals surface area contributed by atoms with Crippen molar-refractivity contribution in [1.82, 2.24) is 15.2 Å². The van der Waals surface area contributed by atoms with Gasteiger partial charge in [0, 0.05) is 34.0 Å². The Labute approximate surface area is 162 Å². The van der Waals surface area contributed by atoms with Crippen LogP contribution in [0.5, 0.6) is 0 Å². The maximum atomic E-state index is 12.8. The molecule has 0 bridgehead atoms. The van der Waals surface area contributed by atoms with Crippen molar-refractivity contribution < 1.29 is 9.34 Å². The summed E-state index contributed by atoms with van der Waals surface area (Å²) < 4.78 is 5.78. The van der Waals surface area contributed by atoms with Crippen LogP contribution in [-0.2, 0) is 0 Å². The third kappa shape index (κ3) is 2.74. The molecule has 0 spiro atoms. The highest BCUT2D eigenvalue weighted by Gasteiger charge is 2.17. The molecule has 2 heterocycles. The van der Waals surface area contributed by atoms with Crippen molar-refractivity contribution in [3.63, 3.8) is 0 Å². The minimum absolute atomic E-state index is 0.0665. The maximum Gasteiger partial charge on any atom is 0.270 e. The summed E-state index contributed by atoms with van der Waals surface area (Å²) in [5, 5.41) is 20.2. The molecule has 0 aliphatic rings. The smallest absolute Gasteiger partial charge is 0.270 e. The zero-order chi connectivity index (χ0) is 20.0. The number of H-pyrrole nitrogens is 1. The predicted molar refractivity (Wildman–Crippen MR) is 107 cm³/mol. The van der Waals surface area contributed by atoms with E-state index in [0.717, 1.165) is 0 Å². The quantitative estimate of drug-likeness (QED) is 0.282. The number of nitro groups is 1. The average molecular weight is 384 g/mol. The Morgan fingerprint density at radius 3 is 2.52 bits per heavy atom. The van der Waals surface area contributed by atoms with E-state index in [9.17, 15) is 14.9 Å². The lowest BCUT2D eigenvalue weighted by Crippen LogP contribution is -2.04. The van der Waals surface area contributed by atoms with Crippen LogP contribution >= 0.6 is 0 Å². The summed E-state index contributed by atoms with van der Waals surface area (Å²) in [6.07, 6.45) is 0. The minimum Gasteiger partial charge on any atom is -0.416 e. The van der Waals surface area contributed by atoms with Crippen LogP contribution in [0.4, 0.5) is 5.69 Å². The molecule has 140 valence electrons. The first-order valence-electron chi connectivity index (χ1n) is 8.74. The second-order valence-electron chi connectivity index (χ2n) is 6.45. The Morgan fingerprint density at radius 1 is 0.897 bits per heavy atom. The molecule has 0 saturated carbocycles. The molecule has 1 N–H and O–H groups in total. The molecule has 5 aromatic rings. The molecular formula is C21H12N4O4. The van der Waals surface area contributed by atoms with Crippen LogP contribution in [0.2, 0.25) is 0 Å². The second-order valence-corrected chi connectivity index (χ2v) is 6.45. The van der Waals surface area contributed by atoms with Crippen LogP contribution < -0.4 is 5.43 Å². The van der Waals surface area contributed by atoms with Gasteiger partial charge in [-0.3, -0.25) is 14.9 Å². The lowest BCUT2D eigenvalue weighted by Gasteiger charge is -2.05. The van der Waals surface area contributed by atoms with Crippen LogP contribution in [0.3, 0.4) is 0 Å². The number of fused-ring (bicyclic) bond motifs is 2. The predicted octanol–water partition coefficient (Wildman–Crippen LogP) is 4.31. The number of aromatic amines is 1. The van der Waals surface area contributed by atoms with Crippen molar-refractivity contribution in [1.29, 1.82) is 0 Å². The van der Waals surface area contributed by atoms with Crippen molar-refractivity contribution in [3.05, 3.63) is 87.1 Å². The van der Waals surface area contributed by atoms with Gasteiger partial charge in [0.1, 0.15) is 0 Å². The van der Waals surface area contributed by atoms with Gasteiger partial charge in [0.15, 0.2) is 5.43 Å². The molecule has 2 aromatic heterocycles. The molecule has 8 heteroatoms. The number of nitro benzene ring substituents is 1. The highest BCUT2D eigenvalue weighted by molar-refractivity contribution is 5.98. The van der Waals surface area contributed by atoms with Crippen molar-refractivity contribution in [2.24, 2.45) is 0 Å². The normalized spacial score (nSPS) is 11.2. The summed E-state index contributed by atoms with van der Waals surface area (Å²) in [5.41, 5.74) is 2.16. The maximum absolute atomic E-state index is 12.8. The molecule has 0 radical (unpaired) electrons. The first-order chi connectivity index (χ1) is 14.1. The van der Waals surface area contributed by atoms with Gasteiger partial charge in [-0.15, -0.1) is 10.2 Å². The largest absolute Gasteiger partial charge is 0.416 e. The molecule has 0 aliphatic carbocycles. The van der Waals surface area contributed by atoms with E-state index in [-0.39, 0.29) is 22.9 Å². The fraction of sp³-hybridized carbons (Fsp3) is 0. The molecule has 0 unspecified atom stereocenters. The third-order valence-electron chi connectivity index (χ3n) is 4.70. The number of hydrogen-bond acceptors (Lipinski definition) is 6. The van der Waals surface area contributed by atoms with E-state index in [1.54, 1.807) is 36.4 Å². The van der Waals surface area contributed by atoms with E-state index >= 15 is 0 Å². The summed E-state index contributed by atoms with van der Waals surface area (Å²) >= 11 is 0.